The molecule has 5 nitrogen and oxygen atoms in total. The zero-order chi connectivity index (χ0) is 16.9. The fraction of sp³-hybridized carbons (Fsp3) is 0.333. The minimum atomic E-state index is 0.0132. The van der Waals surface area contributed by atoms with Crippen molar-refractivity contribution in [3.8, 4) is 5.75 Å². The Hall–Kier alpha value is -2.27. The third-order valence-corrected chi connectivity index (χ3v) is 4.58. The van der Waals surface area contributed by atoms with E-state index in [2.05, 4.69) is 9.88 Å². The molecule has 0 radical (unpaired) electrons. The number of amides is 1. The molecule has 2 aromatic rings. The van der Waals surface area contributed by atoms with Crippen LogP contribution in [0.5, 0.6) is 5.75 Å². The summed E-state index contributed by atoms with van der Waals surface area (Å²) in [4.78, 5) is 19.6. The van der Waals surface area contributed by atoms with Crippen LogP contribution in [0.15, 0.2) is 42.6 Å². The van der Waals surface area contributed by atoms with E-state index in [4.69, 9.17) is 16.3 Å². The highest BCUT2D eigenvalue weighted by molar-refractivity contribution is 6.31. The van der Waals surface area contributed by atoms with Crippen LogP contribution in [0.4, 0.5) is 5.82 Å². The van der Waals surface area contributed by atoms with E-state index < -0.39 is 0 Å². The molecule has 0 aliphatic carbocycles. The lowest BCUT2D eigenvalue weighted by Gasteiger charge is -2.30. The number of halogens is 1. The Kier molecular flexibility index (Phi) is 5.20. The van der Waals surface area contributed by atoms with Crippen LogP contribution < -0.4 is 14.6 Å². The maximum atomic E-state index is 12.3. The lowest BCUT2D eigenvalue weighted by molar-refractivity contribution is -0.364. The van der Waals surface area contributed by atoms with Gasteiger partial charge in [0, 0.05) is 11.1 Å². The van der Waals surface area contributed by atoms with E-state index in [1.54, 1.807) is 12.1 Å². The molecule has 0 saturated carbocycles. The van der Waals surface area contributed by atoms with Crippen LogP contribution >= 0.6 is 11.6 Å². The zero-order valence-corrected chi connectivity index (χ0v) is 14.4. The Morgan fingerprint density at radius 3 is 2.67 bits per heavy atom. The summed E-state index contributed by atoms with van der Waals surface area (Å²) in [6.45, 7) is 4.99. The quantitative estimate of drug-likeness (QED) is 0.852. The Labute approximate surface area is 146 Å². The minimum Gasteiger partial charge on any atom is -0.484 e. The molecule has 24 heavy (non-hydrogen) atoms. The van der Waals surface area contributed by atoms with Crippen LogP contribution in [-0.2, 0) is 4.79 Å². The maximum Gasteiger partial charge on any atom is 0.274 e. The Morgan fingerprint density at radius 2 is 2.00 bits per heavy atom. The van der Waals surface area contributed by atoms with Crippen molar-refractivity contribution in [2.45, 2.75) is 6.92 Å². The van der Waals surface area contributed by atoms with Crippen molar-refractivity contribution in [3.05, 3.63) is 53.2 Å². The van der Waals surface area contributed by atoms with Gasteiger partial charge in [0.05, 0.1) is 19.3 Å². The molecule has 0 unspecified atom stereocenters. The Balaban J connectivity index is 1.49. The molecule has 1 N–H and O–H groups in total. The van der Waals surface area contributed by atoms with Gasteiger partial charge < -0.3 is 9.64 Å². The van der Waals surface area contributed by atoms with E-state index in [1.807, 2.05) is 42.3 Å². The number of nitrogens with one attached hydrogen (secondary N) is 1. The van der Waals surface area contributed by atoms with Crippen molar-refractivity contribution < 1.29 is 14.5 Å². The second kappa shape index (κ2) is 7.53. The number of carbonyl (C=O) groups is 1. The average Bonchev–Trinajstić information content (AvgIpc) is 2.63. The summed E-state index contributed by atoms with van der Waals surface area (Å²) < 4.78 is 5.60. The molecule has 0 spiro atoms. The standard InChI is InChI=1S/C18H20ClN3O2/c1-14-12-15(5-6-16(14)19)24-13-18(23)22-10-8-21(9-11-22)17-4-2-3-7-20-17/h2-7,12H,8-11,13H2,1H3/p+1. The molecule has 2 heterocycles. The molecule has 1 aromatic carbocycles. The van der Waals surface area contributed by atoms with Gasteiger partial charge in [0.15, 0.2) is 6.61 Å². The number of aryl methyl sites for hydroxylation is 1. The second-order valence-corrected chi connectivity index (χ2v) is 6.22. The Morgan fingerprint density at radius 1 is 1.21 bits per heavy atom. The number of H-pyrrole nitrogens is 1. The van der Waals surface area contributed by atoms with Gasteiger partial charge in [-0.25, -0.2) is 4.98 Å². The molecular weight excluding hydrogens is 326 g/mol. The van der Waals surface area contributed by atoms with E-state index in [0.29, 0.717) is 23.9 Å². The Bertz CT molecular complexity index is 701. The summed E-state index contributed by atoms with van der Waals surface area (Å²) >= 11 is 5.99. The summed E-state index contributed by atoms with van der Waals surface area (Å²) in [5.41, 5.74) is 0.939. The first-order valence-electron chi connectivity index (χ1n) is 8.02. The third kappa shape index (κ3) is 3.97. The summed E-state index contributed by atoms with van der Waals surface area (Å²) in [5, 5.41) is 0.697. The third-order valence-electron chi connectivity index (χ3n) is 4.16. The highest BCUT2D eigenvalue weighted by Crippen LogP contribution is 2.21. The van der Waals surface area contributed by atoms with Gasteiger partial charge in [0.25, 0.3) is 11.7 Å². The molecule has 3 rings (SSSR count). The fourth-order valence-corrected chi connectivity index (χ4v) is 2.84. The summed E-state index contributed by atoms with van der Waals surface area (Å²) in [7, 11) is 0. The fourth-order valence-electron chi connectivity index (χ4n) is 2.72. The van der Waals surface area contributed by atoms with Crippen molar-refractivity contribution in [3.63, 3.8) is 0 Å². The largest absolute Gasteiger partial charge is 0.484 e. The number of rotatable bonds is 4. The van der Waals surface area contributed by atoms with Gasteiger partial charge in [0.1, 0.15) is 18.8 Å². The van der Waals surface area contributed by atoms with Gasteiger partial charge in [-0.2, -0.15) is 0 Å². The molecule has 126 valence electrons. The first-order valence-corrected chi connectivity index (χ1v) is 8.39. The number of carbonyl (C=O) groups excluding carboxylic acids is 1. The monoisotopic (exact) mass is 346 g/mol. The molecule has 0 atom stereocenters. The normalized spacial score (nSPS) is 14.6. The lowest BCUT2D eigenvalue weighted by Crippen LogP contribution is -2.51. The first kappa shape index (κ1) is 16.6. The van der Waals surface area contributed by atoms with Crippen molar-refractivity contribution in [2.75, 3.05) is 37.7 Å². The predicted molar refractivity (Wildman–Crippen MR) is 93.5 cm³/mol. The number of pyridine rings is 1. The average molecular weight is 347 g/mol. The van der Waals surface area contributed by atoms with Crippen LogP contribution in [0.1, 0.15) is 5.56 Å². The summed E-state index contributed by atoms with van der Waals surface area (Å²) in [6, 6.07) is 11.4. The van der Waals surface area contributed by atoms with E-state index in [9.17, 15) is 4.79 Å². The van der Waals surface area contributed by atoms with E-state index in [0.717, 1.165) is 24.5 Å². The number of anilines is 1. The number of aromatic nitrogens is 1. The molecular formula is C18H21ClN3O2+. The lowest BCUT2D eigenvalue weighted by atomic mass is 10.2. The van der Waals surface area contributed by atoms with Gasteiger partial charge in [-0.1, -0.05) is 17.7 Å². The molecule has 1 aliphatic rings. The number of hydrogen-bond donors (Lipinski definition) is 0. The molecule has 1 aliphatic heterocycles. The number of hydrogen-bond acceptors (Lipinski definition) is 3. The van der Waals surface area contributed by atoms with Crippen LogP contribution in [0, 0.1) is 6.92 Å². The van der Waals surface area contributed by atoms with Crippen LogP contribution in [0.2, 0.25) is 5.02 Å². The van der Waals surface area contributed by atoms with Gasteiger partial charge in [-0.15, -0.1) is 0 Å². The molecule has 1 amide bonds. The molecule has 0 bridgehead atoms. The number of piperazine rings is 1. The van der Waals surface area contributed by atoms with Gasteiger partial charge in [0.2, 0.25) is 0 Å². The van der Waals surface area contributed by atoms with E-state index >= 15 is 0 Å². The van der Waals surface area contributed by atoms with Gasteiger partial charge >= 0.3 is 0 Å². The van der Waals surface area contributed by atoms with Crippen molar-refractivity contribution in [1.29, 1.82) is 0 Å². The number of nitrogens with zero attached hydrogens (tertiary/aromatic N) is 2. The SMILES string of the molecule is Cc1cc(OCC(=O)N2CCN(c3cccc[nH+]3)CC2)ccc1Cl. The predicted octanol–water partition coefficient (Wildman–Crippen LogP) is 2.19. The van der Waals surface area contributed by atoms with Crippen molar-refractivity contribution in [2.24, 2.45) is 0 Å². The highest BCUT2D eigenvalue weighted by Gasteiger charge is 2.26. The van der Waals surface area contributed by atoms with Crippen molar-refractivity contribution >= 4 is 23.3 Å². The second-order valence-electron chi connectivity index (χ2n) is 5.82. The van der Waals surface area contributed by atoms with E-state index in [1.165, 1.54) is 0 Å². The van der Waals surface area contributed by atoms with Gasteiger partial charge in [-0.3, -0.25) is 9.69 Å². The van der Waals surface area contributed by atoms with Crippen LogP contribution in [0.3, 0.4) is 0 Å². The maximum absolute atomic E-state index is 12.3. The molecule has 1 saturated heterocycles. The van der Waals surface area contributed by atoms with Crippen LogP contribution in [-0.4, -0.2) is 43.6 Å². The molecule has 1 aromatic heterocycles. The number of benzene rings is 1. The zero-order valence-electron chi connectivity index (χ0n) is 13.7. The van der Waals surface area contributed by atoms with E-state index in [-0.39, 0.29) is 12.5 Å². The molecule has 1 fully saturated rings. The topological polar surface area (TPSA) is 46.9 Å². The number of aromatic amines is 1. The highest BCUT2D eigenvalue weighted by atomic mass is 35.5. The van der Waals surface area contributed by atoms with Crippen molar-refractivity contribution in [1.82, 2.24) is 4.90 Å². The smallest absolute Gasteiger partial charge is 0.274 e. The summed E-state index contributed by atoms with van der Waals surface area (Å²) in [6.07, 6.45) is 1.91. The number of ether oxygens (including phenoxy) is 1. The van der Waals surface area contributed by atoms with Gasteiger partial charge in [-0.05, 0) is 36.8 Å². The minimum absolute atomic E-state index is 0.0132. The van der Waals surface area contributed by atoms with Crippen LogP contribution in [0.25, 0.3) is 0 Å². The molecule has 6 heteroatoms. The summed E-state index contributed by atoms with van der Waals surface area (Å²) in [5.74, 6) is 1.76. The first-order chi connectivity index (χ1) is 11.6.